The molecule has 1 aromatic rings. The summed E-state index contributed by atoms with van der Waals surface area (Å²) in [5.74, 6) is 2.30. The molecule has 0 atom stereocenters. The standard InChI is InChI=1S/C13H17NO4/c1-9-3-10(4-9)8-18-13-6-11(14(15)16)5-12(7-13)17-2/h5-7,9-10H,3-4,8H2,1-2H3. The molecule has 1 saturated carbocycles. The maximum atomic E-state index is 10.8. The lowest BCUT2D eigenvalue weighted by atomic mass is 9.77. The molecule has 0 saturated heterocycles. The zero-order valence-corrected chi connectivity index (χ0v) is 10.6. The summed E-state index contributed by atoms with van der Waals surface area (Å²) in [6, 6.07) is 4.50. The van der Waals surface area contributed by atoms with Crippen molar-refractivity contribution in [3.8, 4) is 11.5 Å². The first-order chi connectivity index (χ1) is 8.58. The van der Waals surface area contributed by atoms with Crippen LogP contribution < -0.4 is 9.47 Å². The molecular weight excluding hydrogens is 234 g/mol. The summed E-state index contributed by atoms with van der Waals surface area (Å²) in [5, 5.41) is 10.8. The van der Waals surface area contributed by atoms with Gasteiger partial charge in [-0.25, -0.2) is 0 Å². The molecule has 5 nitrogen and oxygen atoms in total. The minimum absolute atomic E-state index is 0.00803. The molecule has 0 aromatic heterocycles. The molecule has 0 heterocycles. The molecule has 0 unspecified atom stereocenters. The van der Waals surface area contributed by atoms with E-state index in [2.05, 4.69) is 6.92 Å². The van der Waals surface area contributed by atoms with Gasteiger partial charge in [0.15, 0.2) is 0 Å². The topological polar surface area (TPSA) is 61.6 Å². The van der Waals surface area contributed by atoms with Crippen LogP contribution in [0.4, 0.5) is 5.69 Å². The molecule has 2 rings (SSSR count). The molecule has 18 heavy (non-hydrogen) atoms. The second kappa shape index (κ2) is 5.25. The van der Waals surface area contributed by atoms with E-state index in [1.165, 1.54) is 32.1 Å². The van der Waals surface area contributed by atoms with Gasteiger partial charge in [-0.1, -0.05) is 6.92 Å². The van der Waals surface area contributed by atoms with Gasteiger partial charge in [-0.2, -0.15) is 0 Å². The molecule has 0 amide bonds. The van der Waals surface area contributed by atoms with Crippen molar-refractivity contribution in [1.82, 2.24) is 0 Å². The minimum atomic E-state index is -0.444. The lowest BCUT2D eigenvalue weighted by Gasteiger charge is -2.32. The Morgan fingerprint density at radius 2 is 2.00 bits per heavy atom. The molecule has 1 fully saturated rings. The predicted octanol–water partition coefficient (Wildman–Crippen LogP) is 3.03. The van der Waals surface area contributed by atoms with E-state index < -0.39 is 4.92 Å². The quantitative estimate of drug-likeness (QED) is 0.596. The highest BCUT2D eigenvalue weighted by molar-refractivity contribution is 5.46. The van der Waals surface area contributed by atoms with E-state index in [0.717, 1.165) is 5.92 Å². The van der Waals surface area contributed by atoms with Crippen LogP contribution >= 0.6 is 0 Å². The normalized spacial score (nSPS) is 22.1. The van der Waals surface area contributed by atoms with Crippen LogP contribution in [0.15, 0.2) is 18.2 Å². The number of nitrogens with zero attached hydrogens (tertiary/aromatic N) is 1. The minimum Gasteiger partial charge on any atom is -0.496 e. The number of hydrogen-bond acceptors (Lipinski definition) is 4. The molecule has 98 valence electrons. The molecule has 0 radical (unpaired) electrons. The largest absolute Gasteiger partial charge is 0.496 e. The van der Waals surface area contributed by atoms with Gasteiger partial charge in [0.05, 0.1) is 30.8 Å². The van der Waals surface area contributed by atoms with Crippen LogP contribution in [0.5, 0.6) is 11.5 Å². The maximum absolute atomic E-state index is 10.8. The first-order valence-electron chi connectivity index (χ1n) is 6.04. The summed E-state index contributed by atoms with van der Waals surface area (Å²) >= 11 is 0. The Morgan fingerprint density at radius 1 is 1.33 bits per heavy atom. The van der Waals surface area contributed by atoms with Crippen molar-refractivity contribution in [3.63, 3.8) is 0 Å². The third kappa shape index (κ3) is 2.91. The molecule has 1 aliphatic rings. The van der Waals surface area contributed by atoms with Crippen molar-refractivity contribution in [2.75, 3.05) is 13.7 Å². The van der Waals surface area contributed by atoms with Crippen LogP contribution in [0.25, 0.3) is 0 Å². The summed E-state index contributed by atoms with van der Waals surface area (Å²) in [4.78, 5) is 10.3. The number of methoxy groups -OCH3 is 1. The van der Waals surface area contributed by atoms with E-state index in [0.29, 0.717) is 24.0 Å². The molecule has 0 bridgehead atoms. The van der Waals surface area contributed by atoms with Crippen molar-refractivity contribution in [2.45, 2.75) is 19.8 Å². The highest BCUT2D eigenvalue weighted by Gasteiger charge is 2.25. The average molecular weight is 251 g/mol. The van der Waals surface area contributed by atoms with Gasteiger partial charge in [0, 0.05) is 6.07 Å². The third-order valence-electron chi connectivity index (χ3n) is 3.27. The Balaban J connectivity index is 2.02. The summed E-state index contributed by atoms with van der Waals surface area (Å²) in [6.07, 6.45) is 2.35. The Morgan fingerprint density at radius 3 is 2.56 bits per heavy atom. The molecule has 5 heteroatoms. The summed E-state index contributed by atoms with van der Waals surface area (Å²) in [7, 11) is 1.48. The smallest absolute Gasteiger partial charge is 0.276 e. The van der Waals surface area contributed by atoms with E-state index in [1.54, 1.807) is 6.07 Å². The van der Waals surface area contributed by atoms with Crippen molar-refractivity contribution in [2.24, 2.45) is 11.8 Å². The molecule has 1 aliphatic carbocycles. The van der Waals surface area contributed by atoms with Gasteiger partial charge in [-0.05, 0) is 24.7 Å². The van der Waals surface area contributed by atoms with Crippen molar-refractivity contribution in [1.29, 1.82) is 0 Å². The predicted molar refractivity (Wildman–Crippen MR) is 67.0 cm³/mol. The lowest BCUT2D eigenvalue weighted by Crippen LogP contribution is -2.26. The fourth-order valence-electron chi connectivity index (χ4n) is 2.28. The van der Waals surface area contributed by atoms with Gasteiger partial charge in [0.25, 0.3) is 5.69 Å². The fourth-order valence-corrected chi connectivity index (χ4v) is 2.28. The van der Waals surface area contributed by atoms with Gasteiger partial charge < -0.3 is 9.47 Å². The maximum Gasteiger partial charge on any atom is 0.276 e. The van der Waals surface area contributed by atoms with Crippen LogP contribution in [0.1, 0.15) is 19.8 Å². The van der Waals surface area contributed by atoms with E-state index in [-0.39, 0.29) is 5.69 Å². The van der Waals surface area contributed by atoms with Gasteiger partial charge in [0.2, 0.25) is 0 Å². The molecule has 0 spiro atoms. The number of nitro benzene ring substituents is 1. The van der Waals surface area contributed by atoms with Crippen LogP contribution in [0, 0.1) is 22.0 Å². The van der Waals surface area contributed by atoms with Gasteiger partial charge in [-0.15, -0.1) is 0 Å². The molecular formula is C13H17NO4. The number of non-ortho nitro benzene ring substituents is 1. The second-order valence-corrected chi connectivity index (χ2v) is 4.88. The van der Waals surface area contributed by atoms with Crippen LogP contribution in [-0.4, -0.2) is 18.6 Å². The number of rotatable bonds is 5. The van der Waals surface area contributed by atoms with Gasteiger partial charge in [0.1, 0.15) is 11.5 Å². The van der Waals surface area contributed by atoms with E-state index in [9.17, 15) is 10.1 Å². The highest BCUT2D eigenvalue weighted by atomic mass is 16.6. The molecule has 0 aliphatic heterocycles. The van der Waals surface area contributed by atoms with Crippen LogP contribution in [0.2, 0.25) is 0 Å². The lowest BCUT2D eigenvalue weighted by molar-refractivity contribution is -0.385. The second-order valence-electron chi connectivity index (χ2n) is 4.88. The molecule has 1 aromatic carbocycles. The number of ether oxygens (including phenoxy) is 2. The number of nitro groups is 1. The number of benzene rings is 1. The van der Waals surface area contributed by atoms with Crippen LogP contribution in [0.3, 0.4) is 0 Å². The third-order valence-corrected chi connectivity index (χ3v) is 3.27. The van der Waals surface area contributed by atoms with Gasteiger partial charge >= 0.3 is 0 Å². The van der Waals surface area contributed by atoms with Crippen molar-refractivity contribution < 1.29 is 14.4 Å². The Bertz CT molecular complexity index is 441. The number of hydrogen-bond donors (Lipinski definition) is 0. The van der Waals surface area contributed by atoms with Crippen molar-refractivity contribution in [3.05, 3.63) is 28.3 Å². The summed E-state index contributed by atoms with van der Waals surface area (Å²) in [6.45, 7) is 2.83. The average Bonchev–Trinajstić information content (AvgIpc) is 2.32. The molecule has 0 N–H and O–H groups in total. The first kappa shape index (κ1) is 12.7. The summed E-state index contributed by atoms with van der Waals surface area (Å²) < 4.78 is 10.6. The van der Waals surface area contributed by atoms with E-state index in [4.69, 9.17) is 9.47 Å². The van der Waals surface area contributed by atoms with Crippen molar-refractivity contribution >= 4 is 5.69 Å². The Labute approximate surface area is 106 Å². The fraction of sp³-hybridized carbons (Fsp3) is 0.538. The highest BCUT2D eigenvalue weighted by Crippen LogP contribution is 2.34. The Kier molecular flexibility index (Phi) is 3.69. The monoisotopic (exact) mass is 251 g/mol. The zero-order valence-electron chi connectivity index (χ0n) is 10.6. The van der Waals surface area contributed by atoms with Gasteiger partial charge in [-0.3, -0.25) is 10.1 Å². The Hall–Kier alpha value is -1.78. The summed E-state index contributed by atoms with van der Waals surface area (Å²) in [5.41, 5.74) is -0.00803. The van der Waals surface area contributed by atoms with E-state index >= 15 is 0 Å². The van der Waals surface area contributed by atoms with E-state index in [1.807, 2.05) is 0 Å². The zero-order chi connectivity index (χ0) is 13.1. The SMILES string of the molecule is COc1cc(OCC2CC(C)C2)cc([N+](=O)[O-])c1. The van der Waals surface area contributed by atoms with Crippen LogP contribution in [-0.2, 0) is 0 Å². The first-order valence-corrected chi connectivity index (χ1v) is 6.04.